The number of anilines is 1. The molecule has 29 heavy (non-hydrogen) atoms. The molecule has 1 saturated heterocycles. The quantitative estimate of drug-likeness (QED) is 0.736. The topological polar surface area (TPSA) is 49.4 Å². The van der Waals surface area contributed by atoms with Crippen molar-refractivity contribution in [1.82, 2.24) is 5.32 Å². The van der Waals surface area contributed by atoms with E-state index in [1.807, 2.05) is 24.3 Å². The van der Waals surface area contributed by atoms with E-state index in [1.54, 1.807) is 17.9 Å². The Kier molecular flexibility index (Phi) is 6.06. The molecule has 2 amide bonds. The van der Waals surface area contributed by atoms with E-state index in [9.17, 15) is 22.8 Å². The van der Waals surface area contributed by atoms with E-state index in [1.165, 1.54) is 18.2 Å². The van der Waals surface area contributed by atoms with Crippen molar-refractivity contribution in [2.45, 2.75) is 32.0 Å². The van der Waals surface area contributed by atoms with E-state index in [0.29, 0.717) is 12.0 Å². The molecule has 4 nitrogen and oxygen atoms in total. The van der Waals surface area contributed by atoms with Crippen LogP contribution in [0.5, 0.6) is 0 Å². The highest BCUT2D eigenvalue weighted by Gasteiger charge is 2.30. The standard InChI is InChI=1S/C22H21F3N2O2/c1-15(17-7-9-18(10-8-17)22(23,24)25)26-20(28)13-6-16-4-11-19(12-5-16)27-14-2-3-21(27)29/h4-13,15H,2-3,14H2,1H3,(H,26,28)/b13-6+. The molecule has 0 bridgehead atoms. The molecule has 0 saturated carbocycles. The summed E-state index contributed by atoms with van der Waals surface area (Å²) in [5.74, 6) is -0.235. The number of halogens is 3. The molecule has 152 valence electrons. The summed E-state index contributed by atoms with van der Waals surface area (Å²) in [7, 11) is 0. The predicted octanol–water partition coefficient (Wildman–Crippen LogP) is 4.72. The van der Waals surface area contributed by atoms with Crippen molar-refractivity contribution in [2.24, 2.45) is 0 Å². The summed E-state index contributed by atoms with van der Waals surface area (Å²) in [6.45, 7) is 2.43. The molecule has 1 N–H and O–H groups in total. The Morgan fingerprint density at radius 2 is 1.76 bits per heavy atom. The van der Waals surface area contributed by atoms with Gasteiger partial charge in [0.25, 0.3) is 0 Å². The summed E-state index contributed by atoms with van der Waals surface area (Å²) in [5.41, 5.74) is 1.50. The van der Waals surface area contributed by atoms with Gasteiger partial charge in [-0.05, 0) is 54.8 Å². The van der Waals surface area contributed by atoms with Gasteiger partial charge in [-0.25, -0.2) is 0 Å². The van der Waals surface area contributed by atoms with Crippen molar-refractivity contribution < 1.29 is 22.8 Å². The second-order valence-electron chi connectivity index (χ2n) is 6.92. The van der Waals surface area contributed by atoms with Crippen LogP contribution in [0.3, 0.4) is 0 Å². The van der Waals surface area contributed by atoms with Crippen LogP contribution >= 0.6 is 0 Å². The molecule has 1 heterocycles. The zero-order chi connectivity index (χ0) is 21.0. The van der Waals surface area contributed by atoms with Gasteiger partial charge < -0.3 is 10.2 Å². The van der Waals surface area contributed by atoms with E-state index in [-0.39, 0.29) is 11.8 Å². The lowest BCUT2D eigenvalue weighted by Crippen LogP contribution is -2.24. The van der Waals surface area contributed by atoms with Gasteiger partial charge in [-0.2, -0.15) is 13.2 Å². The summed E-state index contributed by atoms with van der Waals surface area (Å²) < 4.78 is 37.9. The van der Waals surface area contributed by atoms with Gasteiger partial charge in [-0.3, -0.25) is 9.59 Å². The number of hydrogen-bond donors (Lipinski definition) is 1. The van der Waals surface area contributed by atoms with E-state index >= 15 is 0 Å². The molecular weight excluding hydrogens is 381 g/mol. The molecule has 1 unspecified atom stereocenters. The van der Waals surface area contributed by atoms with Gasteiger partial charge in [0.15, 0.2) is 0 Å². The minimum Gasteiger partial charge on any atom is -0.346 e. The summed E-state index contributed by atoms with van der Waals surface area (Å²) in [4.78, 5) is 25.6. The molecule has 1 aliphatic heterocycles. The van der Waals surface area contributed by atoms with E-state index in [0.717, 1.165) is 36.3 Å². The largest absolute Gasteiger partial charge is 0.416 e. The molecule has 0 aromatic heterocycles. The van der Waals surface area contributed by atoms with Crippen molar-refractivity contribution >= 4 is 23.6 Å². The second kappa shape index (κ2) is 8.51. The van der Waals surface area contributed by atoms with Crippen molar-refractivity contribution in [3.05, 3.63) is 71.3 Å². The molecular formula is C22H21F3N2O2. The van der Waals surface area contributed by atoms with Gasteiger partial charge in [-0.1, -0.05) is 24.3 Å². The van der Waals surface area contributed by atoms with Crippen LogP contribution in [0.25, 0.3) is 6.08 Å². The highest BCUT2D eigenvalue weighted by atomic mass is 19.4. The number of nitrogens with one attached hydrogen (secondary N) is 1. The molecule has 1 fully saturated rings. The highest BCUT2D eigenvalue weighted by Crippen LogP contribution is 2.30. The molecule has 0 radical (unpaired) electrons. The monoisotopic (exact) mass is 402 g/mol. The Balaban J connectivity index is 1.57. The first-order chi connectivity index (χ1) is 13.7. The first kappa shape index (κ1) is 20.6. The van der Waals surface area contributed by atoms with Crippen LogP contribution in [-0.2, 0) is 15.8 Å². The highest BCUT2D eigenvalue weighted by molar-refractivity contribution is 5.95. The van der Waals surface area contributed by atoms with Crippen LogP contribution in [0.1, 0.15) is 42.5 Å². The number of hydrogen-bond acceptors (Lipinski definition) is 2. The number of carbonyl (C=O) groups is 2. The molecule has 7 heteroatoms. The maximum absolute atomic E-state index is 12.6. The van der Waals surface area contributed by atoms with Gasteiger partial charge >= 0.3 is 6.18 Å². The fourth-order valence-corrected chi connectivity index (χ4v) is 3.16. The number of benzene rings is 2. The first-order valence-corrected chi connectivity index (χ1v) is 9.30. The number of carbonyl (C=O) groups excluding carboxylic acids is 2. The average Bonchev–Trinajstić information content (AvgIpc) is 3.12. The van der Waals surface area contributed by atoms with Crippen molar-refractivity contribution in [2.75, 3.05) is 11.4 Å². The third-order valence-corrected chi connectivity index (χ3v) is 4.80. The molecule has 0 aliphatic carbocycles. The SMILES string of the molecule is CC(NC(=O)/C=C/c1ccc(N2CCCC2=O)cc1)c1ccc(C(F)(F)F)cc1. The zero-order valence-electron chi connectivity index (χ0n) is 15.9. The van der Waals surface area contributed by atoms with Crippen LogP contribution in [-0.4, -0.2) is 18.4 Å². The third kappa shape index (κ3) is 5.25. The number of alkyl halides is 3. The predicted molar refractivity (Wildman–Crippen MR) is 105 cm³/mol. The summed E-state index contributed by atoms with van der Waals surface area (Å²) in [5, 5.41) is 2.73. The smallest absolute Gasteiger partial charge is 0.346 e. The zero-order valence-corrected chi connectivity index (χ0v) is 15.9. The molecule has 2 aromatic carbocycles. The van der Waals surface area contributed by atoms with Crippen molar-refractivity contribution in [1.29, 1.82) is 0 Å². The first-order valence-electron chi connectivity index (χ1n) is 9.30. The van der Waals surface area contributed by atoms with Gasteiger partial charge in [-0.15, -0.1) is 0 Å². The van der Waals surface area contributed by atoms with Crippen molar-refractivity contribution in [3.8, 4) is 0 Å². The third-order valence-electron chi connectivity index (χ3n) is 4.80. The number of rotatable bonds is 5. The van der Waals surface area contributed by atoms with E-state index < -0.39 is 17.8 Å². The maximum atomic E-state index is 12.6. The van der Waals surface area contributed by atoms with E-state index in [2.05, 4.69) is 5.32 Å². The molecule has 2 aromatic rings. The molecule has 0 spiro atoms. The Hall–Kier alpha value is -3.09. The van der Waals surface area contributed by atoms with Crippen LogP contribution < -0.4 is 10.2 Å². The number of amides is 2. The van der Waals surface area contributed by atoms with E-state index in [4.69, 9.17) is 0 Å². The lowest BCUT2D eigenvalue weighted by molar-refractivity contribution is -0.137. The lowest BCUT2D eigenvalue weighted by atomic mass is 10.1. The van der Waals surface area contributed by atoms with Crippen LogP contribution in [0.2, 0.25) is 0 Å². The van der Waals surface area contributed by atoms with Gasteiger partial charge in [0, 0.05) is 24.7 Å². The lowest BCUT2D eigenvalue weighted by Gasteiger charge is -2.15. The maximum Gasteiger partial charge on any atom is 0.416 e. The van der Waals surface area contributed by atoms with Crippen molar-refractivity contribution in [3.63, 3.8) is 0 Å². The summed E-state index contributed by atoms with van der Waals surface area (Å²) >= 11 is 0. The van der Waals surface area contributed by atoms with Crippen LogP contribution in [0, 0.1) is 0 Å². The Morgan fingerprint density at radius 1 is 1.10 bits per heavy atom. The Bertz CT molecular complexity index is 903. The molecule has 1 atom stereocenters. The summed E-state index contributed by atoms with van der Waals surface area (Å²) in [6.07, 6.45) is 0.0586. The average molecular weight is 402 g/mol. The second-order valence-corrected chi connectivity index (χ2v) is 6.92. The Morgan fingerprint density at radius 3 is 2.31 bits per heavy atom. The fraction of sp³-hybridized carbons (Fsp3) is 0.273. The Labute approximate surface area is 167 Å². The van der Waals surface area contributed by atoms with Gasteiger partial charge in [0.1, 0.15) is 0 Å². The van der Waals surface area contributed by atoms with Gasteiger partial charge in [0.2, 0.25) is 11.8 Å². The summed E-state index contributed by atoms with van der Waals surface area (Å²) in [6, 6.07) is 11.6. The fourth-order valence-electron chi connectivity index (χ4n) is 3.16. The van der Waals surface area contributed by atoms with Crippen LogP contribution in [0.15, 0.2) is 54.6 Å². The normalized spacial score (nSPS) is 15.7. The number of nitrogens with zero attached hydrogens (tertiary/aromatic N) is 1. The van der Waals surface area contributed by atoms with Crippen LogP contribution in [0.4, 0.5) is 18.9 Å². The minimum absolute atomic E-state index is 0.116. The molecule has 3 rings (SSSR count). The van der Waals surface area contributed by atoms with Gasteiger partial charge in [0.05, 0.1) is 11.6 Å². The molecule has 1 aliphatic rings. The minimum atomic E-state index is -4.38.